The smallest absolute Gasteiger partial charge is 0.294 e. The first-order chi connectivity index (χ1) is 12.7. The maximum atomic E-state index is 11.0. The van der Waals surface area contributed by atoms with Crippen molar-refractivity contribution in [3.8, 4) is 5.75 Å². The van der Waals surface area contributed by atoms with E-state index in [0.29, 0.717) is 15.9 Å². The molecule has 0 aliphatic heterocycles. The van der Waals surface area contributed by atoms with Gasteiger partial charge in [-0.05, 0) is 35.7 Å². The van der Waals surface area contributed by atoms with Crippen LogP contribution in [0.15, 0.2) is 58.8 Å². The number of nitro benzene ring substituents is 1. The summed E-state index contributed by atoms with van der Waals surface area (Å²) in [6.07, 6.45) is 0. The largest absolute Gasteiger partial charge is 0.508 e. The molecule has 3 aromatic rings. The van der Waals surface area contributed by atoms with Crippen LogP contribution in [0, 0.1) is 10.1 Å². The van der Waals surface area contributed by atoms with Crippen molar-refractivity contribution in [2.75, 3.05) is 26.9 Å². The van der Waals surface area contributed by atoms with Crippen LogP contribution in [-0.2, 0) is 0 Å². The van der Waals surface area contributed by atoms with E-state index < -0.39 is 4.92 Å². The minimum Gasteiger partial charge on any atom is -0.508 e. The van der Waals surface area contributed by atoms with E-state index >= 15 is 0 Å². The van der Waals surface area contributed by atoms with E-state index in [9.17, 15) is 15.2 Å². The third-order valence-corrected chi connectivity index (χ3v) is 4.11. The number of hydrogen-bond donors (Lipinski definition) is 2. The number of nitrogens with two attached hydrogens (primary N) is 1. The number of aromatic hydroxyl groups is 1. The van der Waals surface area contributed by atoms with Crippen LogP contribution >= 0.6 is 0 Å². The summed E-state index contributed by atoms with van der Waals surface area (Å²) in [4.78, 5) is 10.5. The van der Waals surface area contributed by atoms with Gasteiger partial charge in [0.05, 0.1) is 31.8 Å². The van der Waals surface area contributed by atoms with E-state index in [0.717, 1.165) is 16.5 Å². The molecule has 0 saturated carbocycles. The van der Waals surface area contributed by atoms with Gasteiger partial charge in [-0.25, -0.2) is 0 Å². The lowest BCUT2D eigenvalue weighted by Crippen LogP contribution is -2.35. The fourth-order valence-electron chi connectivity index (χ4n) is 2.93. The monoisotopic (exact) mass is 366 g/mol. The summed E-state index contributed by atoms with van der Waals surface area (Å²) in [5.41, 5.74) is 7.30. The number of nitro groups is 1. The zero-order valence-corrected chi connectivity index (χ0v) is 15.2. The fraction of sp³-hybridized carbons (Fsp3) is 0.158. The molecule has 3 rings (SSSR count). The van der Waals surface area contributed by atoms with Crippen molar-refractivity contribution in [1.29, 1.82) is 0 Å². The van der Waals surface area contributed by atoms with Crippen molar-refractivity contribution in [3.05, 3.63) is 58.6 Å². The van der Waals surface area contributed by atoms with Gasteiger partial charge >= 0.3 is 0 Å². The van der Waals surface area contributed by atoms with Crippen molar-refractivity contribution in [2.24, 2.45) is 10.2 Å². The van der Waals surface area contributed by atoms with Gasteiger partial charge < -0.3 is 10.8 Å². The Kier molecular flexibility index (Phi) is 4.50. The van der Waals surface area contributed by atoms with Gasteiger partial charge in [0.25, 0.3) is 5.69 Å². The van der Waals surface area contributed by atoms with E-state index in [1.54, 1.807) is 18.2 Å². The maximum Gasteiger partial charge on any atom is 0.294 e. The van der Waals surface area contributed by atoms with E-state index in [4.69, 9.17) is 5.73 Å². The Morgan fingerprint density at radius 2 is 1.74 bits per heavy atom. The maximum absolute atomic E-state index is 11.0. The molecule has 0 saturated heterocycles. The zero-order chi connectivity index (χ0) is 19.8. The molecule has 0 aliphatic rings. The van der Waals surface area contributed by atoms with Crippen LogP contribution in [0.3, 0.4) is 0 Å². The molecule has 0 aromatic heterocycles. The highest BCUT2D eigenvalue weighted by Crippen LogP contribution is 2.40. The number of phenols is 1. The molecular formula is C19H20N5O3+. The molecule has 27 heavy (non-hydrogen) atoms. The van der Waals surface area contributed by atoms with Crippen molar-refractivity contribution >= 4 is 39.2 Å². The van der Waals surface area contributed by atoms with Gasteiger partial charge in [0.15, 0.2) is 5.69 Å². The number of azo groups is 1. The molecule has 0 atom stereocenters. The molecule has 0 heterocycles. The highest BCUT2D eigenvalue weighted by atomic mass is 16.6. The third kappa shape index (κ3) is 3.70. The third-order valence-electron chi connectivity index (χ3n) is 4.11. The lowest BCUT2D eigenvalue weighted by Gasteiger charge is -2.26. The summed E-state index contributed by atoms with van der Waals surface area (Å²) in [7, 11) is 5.98. The molecule has 8 nitrogen and oxygen atoms in total. The van der Waals surface area contributed by atoms with Crippen LogP contribution in [0.1, 0.15) is 0 Å². The molecule has 3 aromatic carbocycles. The quantitative estimate of drug-likeness (QED) is 0.230. The predicted octanol–water partition coefficient (Wildman–Crippen LogP) is 4.65. The molecule has 0 amide bonds. The molecule has 0 radical (unpaired) electrons. The van der Waals surface area contributed by atoms with Gasteiger partial charge in [-0.3, -0.25) is 14.6 Å². The number of anilines is 1. The van der Waals surface area contributed by atoms with Crippen LogP contribution in [0.5, 0.6) is 5.75 Å². The lowest BCUT2D eigenvalue weighted by atomic mass is 10.1. The molecular weight excluding hydrogens is 346 g/mol. The Bertz CT molecular complexity index is 1070. The van der Waals surface area contributed by atoms with Crippen molar-refractivity contribution in [3.63, 3.8) is 0 Å². The van der Waals surface area contributed by atoms with Crippen LogP contribution in [0.4, 0.5) is 28.4 Å². The molecule has 0 aliphatic carbocycles. The van der Waals surface area contributed by atoms with Crippen molar-refractivity contribution < 1.29 is 10.0 Å². The lowest BCUT2D eigenvalue weighted by molar-refractivity contribution is -0.383. The number of fused-ring (bicyclic) bond motifs is 1. The normalized spacial score (nSPS) is 12.0. The van der Waals surface area contributed by atoms with E-state index in [1.807, 2.05) is 39.3 Å². The number of hydrogen-bond acceptors (Lipinski definition) is 6. The number of nitrogens with zero attached hydrogens (tertiary/aromatic N) is 4. The highest BCUT2D eigenvalue weighted by Gasteiger charge is 2.22. The highest BCUT2D eigenvalue weighted by molar-refractivity contribution is 5.99. The Hall–Kier alpha value is -3.52. The molecule has 138 valence electrons. The van der Waals surface area contributed by atoms with Gasteiger partial charge in [0.2, 0.25) is 0 Å². The molecule has 0 bridgehead atoms. The molecule has 0 unspecified atom stereocenters. The summed E-state index contributed by atoms with van der Waals surface area (Å²) < 4.78 is 0.455. The van der Waals surface area contributed by atoms with E-state index in [-0.39, 0.29) is 17.1 Å². The second-order valence-electron chi connectivity index (χ2n) is 7.05. The number of quaternary nitrogens is 1. The Labute approximate surface area is 155 Å². The van der Waals surface area contributed by atoms with Crippen LogP contribution in [0.2, 0.25) is 0 Å². The number of phenolic OH excluding ortho intramolecular Hbond substituents is 1. The van der Waals surface area contributed by atoms with Crippen LogP contribution in [-0.4, -0.2) is 31.2 Å². The van der Waals surface area contributed by atoms with Crippen LogP contribution < -0.4 is 10.2 Å². The predicted molar refractivity (Wildman–Crippen MR) is 107 cm³/mol. The first kappa shape index (κ1) is 18.3. The average molecular weight is 366 g/mol. The summed E-state index contributed by atoms with van der Waals surface area (Å²) in [5, 5.41) is 31.2. The summed E-state index contributed by atoms with van der Waals surface area (Å²) in [5.74, 6) is 0.167. The summed E-state index contributed by atoms with van der Waals surface area (Å²) >= 11 is 0. The minimum absolute atomic E-state index is 0.0761. The first-order valence-corrected chi connectivity index (χ1v) is 8.20. The van der Waals surface area contributed by atoms with Gasteiger partial charge in [-0.1, -0.05) is 12.1 Å². The first-order valence-electron chi connectivity index (χ1n) is 8.20. The van der Waals surface area contributed by atoms with Gasteiger partial charge in [-0.2, -0.15) is 5.11 Å². The number of benzene rings is 3. The Morgan fingerprint density at radius 1 is 1.04 bits per heavy atom. The molecule has 0 fully saturated rings. The number of rotatable bonds is 4. The zero-order valence-electron chi connectivity index (χ0n) is 15.2. The van der Waals surface area contributed by atoms with Crippen molar-refractivity contribution in [1.82, 2.24) is 4.48 Å². The van der Waals surface area contributed by atoms with E-state index in [1.165, 1.54) is 12.1 Å². The molecule has 0 spiro atoms. The number of nitrogen functional groups attached to an aromatic ring is 1. The average Bonchev–Trinajstić information content (AvgIpc) is 2.59. The summed E-state index contributed by atoms with van der Waals surface area (Å²) in [6, 6.07) is 13.2. The molecule has 3 N–H and O–H groups in total. The summed E-state index contributed by atoms with van der Waals surface area (Å²) in [6.45, 7) is 0. The Morgan fingerprint density at radius 3 is 2.41 bits per heavy atom. The van der Waals surface area contributed by atoms with Crippen molar-refractivity contribution in [2.45, 2.75) is 0 Å². The molecule has 8 heteroatoms. The second-order valence-corrected chi connectivity index (χ2v) is 7.05. The topological polar surface area (TPSA) is 114 Å². The SMILES string of the molecule is C[N+](C)(C)c1c(N=Nc2ccc(N)c([N+](=O)[O-])c2)ccc2ccc(O)cc12. The minimum atomic E-state index is -0.551. The van der Waals surface area contributed by atoms with Crippen LogP contribution in [0.25, 0.3) is 10.8 Å². The fourth-order valence-corrected chi connectivity index (χ4v) is 2.93. The Balaban J connectivity index is 2.13. The van der Waals surface area contributed by atoms with Gasteiger partial charge in [0.1, 0.15) is 17.1 Å². The standard InChI is InChI=1S/C19H19N5O3/c1-24(2,3)19-15-11-14(25)7-4-12(15)5-9-17(19)22-21-13-6-8-16(20)18(10-13)23(26)27/h4-11H,1-3H3,(H2-,20,22,25)/p+1. The second kappa shape index (κ2) is 6.65. The van der Waals surface area contributed by atoms with Gasteiger partial charge in [-0.15, -0.1) is 5.11 Å². The van der Waals surface area contributed by atoms with Gasteiger partial charge in [0, 0.05) is 11.5 Å². The van der Waals surface area contributed by atoms with E-state index in [2.05, 4.69) is 10.2 Å².